The lowest BCUT2D eigenvalue weighted by Crippen LogP contribution is -2.21. The molecule has 0 atom stereocenters. The number of aryl methyl sites for hydroxylation is 1. The van der Waals surface area contributed by atoms with Crippen molar-refractivity contribution in [2.45, 2.75) is 13.8 Å². The van der Waals surface area contributed by atoms with Gasteiger partial charge in [-0.15, -0.1) is 0 Å². The number of aromatic nitrogens is 2. The Kier molecular flexibility index (Phi) is 4.26. The number of amides is 1. The molecule has 15 heavy (non-hydrogen) atoms. The van der Waals surface area contributed by atoms with E-state index in [1.165, 1.54) is 0 Å². The molecule has 0 aliphatic carbocycles. The van der Waals surface area contributed by atoms with Crippen LogP contribution in [0.25, 0.3) is 0 Å². The van der Waals surface area contributed by atoms with E-state index in [2.05, 4.69) is 15.5 Å². The number of carbonyl (C=O) groups excluding carboxylic acids is 1. The molecule has 6 heteroatoms. The van der Waals surface area contributed by atoms with Crippen molar-refractivity contribution in [3.05, 3.63) is 11.3 Å². The number of aromatic amines is 1. The summed E-state index contributed by atoms with van der Waals surface area (Å²) >= 11 is 0. The van der Waals surface area contributed by atoms with Crippen molar-refractivity contribution in [1.82, 2.24) is 10.2 Å². The molecule has 1 rings (SSSR count). The molecule has 0 aliphatic rings. The summed E-state index contributed by atoms with van der Waals surface area (Å²) in [7, 11) is 0. The Morgan fingerprint density at radius 3 is 2.87 bits per heavy atom. The number of nitrogens with one attached hydrogen (secondary N) is 2. The Hall–Kier alpha value is -1.40. The van der Waals surface area contributed by atoms with E-state index >= 15 is 0 Å². The highest BCUT2D eigenvalue weighted by Crippen LogP contribution is 2.13. The van der Waals surface area contributed by atoms with Gasteiger partial charge in [-0.25, -0.2) is 0 Å². The predicted octanol–water partition coefficient (Wildman–Crippen LogP) is -0.0597. The molecule has 6 nitrogen and oxygen atoms in total. The smallest absolute Gasteiger partial charge is 0.251 e. The van der Waals surface area contributed by atoms with E-state index in [4.69, 9.17) is 10.5 Å². The molecule has 4 N–H and O–H groups in total. The number of hydrogen-bond donors (Lipinski definition) is 3. The van der Waals surface area contributed by atoms with Crippen LogP contribution in [0, 0.1) is 13.8 Å². The first kappa shape index (κ1) is 11.7. The van der Waals surface area contributed by atoms with Gasteiger partial charge in [0.05, 0.1) is 6.61 Å². The van der Waals surface area contributed by atoms with Crippen LogP contribution in [-0.2, 0) is 9.53 Å². The number of nitrogens with two attached hydrogens (primary N) is 1. The highest BCUT2D eigenvalue weighted by Gasteiger charge is 2.08. The van der Waals surface area contributed by atoms with Gasteiger partial charge in [-0.2, -0.15) is 5.10 Å². The van der Waals surface area contributed by atoms with Crippen LogP contribution in [0.4, 0.5) is 5.82 Å². The lowest BCUT2D eigenvalue weighted by atomic mass is 10.3. The average Bonchev–Trinajstić information content (AvgIpc) is 2.50. The van der Waals surface area contributed by atoms with E-state index in [0.29, 0.717) is 19.0 Å². The standard InChI is InChI=1S/C9H16N4O2/c1-6-7(2)12-13-9(6)11-8(14)5-15-4-3-10/h3-5,10H2,1-2H3,(H2,11,12,13,14). The molecule has 0 saturated heterocycles. The SMILES string of the molecule is Cc1[nH]nc(NC(=O)COCCN)c1C. The van der Waals surface area contributed by atoms with E-state index in [-0.39, 0.29) is 12.5 Å². The number of rotatable bonds is 5. The van der Waals surface area contributed by atoms with Crippen LogP contribution in [0.1, 0.15) is 11.3 Å². The fourth-order valence-electron chi connectivity index (χ4n) is 1.02. The predicted molar refractivity (Wildman–Crippen MR) is 56.6 cm³/mol. The van der Waals surface area contributed by atoms with E-state index in [9.17, 15) is 4.79 Å². The Morgan fingerprint density at radius 1 is 1.60 bits per heavy atom. The molecule has 0 bridgehead atoms. The second kappa shape index (κ2) is 5.47. The van der Waals surface area contributed by atoms with Crippen LogP contribution < -0.4 is 11.1 Å². The maximum Gasteiger partial charge on any atom is 0.251 e. The van der Waals surface area contributed by atoms with Gasteiger partial charge >= 0.3 is 0 Å². The lowest BCUT2D eigenvalue weighted by molar-refractivity contribution is -0.120. The fourth-order valence-corrected chi connectivity index (χ4v) is 1.02. The first-order valence-corrected chi connectivity index (χ1v) is 4.74. The Bertz CT molecular complexity index is 335. The highest BCUT2D eigenvalue weighted by atomic mass is 16.5. The molecule has 0 aliphatic heterocycles. The minimum atomic E-state index is -0.224. The van der Waals surface area contributed by atoms with E-state index < -0.39 is 0 Å². The second-order valence-corrected chi connectivity index (χ2v) is 3.21. The van der Waals surface area contributed by atoms with Gasteiger partial charge < -0.3 is 15.8 Å². The molecule has 0 spiro atoms. The summed E-state index contributed by atoms with van der Waals surface area (Å²) in [6.45, 7) is 4.57. The average molecular weight is 212 g/mol. The van der Waals surface area contributed by atoms with Crippen LogP contribution in [0.2, 0.25) is 0 Å². The van der Waals surface area contributed by atoms with Crippen molar-refractivity contribution in [2.24, 2.45) is 5.73 Å². The first-order chi connectivity index (χ1) is 7.15. The first-order valence-electron chi connectivity index (χ1n) is 4.74. The van der Waals surface area contributed by atoms with Crippen molar-refractivity contribution in [3.8, 4) is 0 Å². The van der Waals surface area contributed by atoms with Crippen LogP contribution in [0.3, 0.4) is 0 Å². The molecule has 0 radical (unpaired) electrons. The zero-order chi connectivity index (χ0) is 11.3. The Morgan fingerprint density at radius 2 is 2.33 bits per heavy atom. The molecule has 0 saturated carbocycles. The largest absolute Gasteiger partial charge is 0.370 e. The number of hydrogen-bond acceptors (Lipinski definition) is 4. The molecule has 1 aromatic heterocycles. The molecule has 1 amide bonds. The van der Waals surface area contributed by atoms with Gasteiger partial charge in [-0.1, -0.05) is 0 Å². The third-order valence-electron chi connectivity index (χ3n) is 2.01. The molecule has 0 aromatic carbocycles. The Labute approximate surface area is 88.2 Å². The Balaban J connectivity index is 2.41. The number of carbonyl (C=O) groups is 1. The number of anilines is 1. The van der Waals surface area contributed by atoms with Gasteiger partial charge in [-0.3, -0.25) is 9.89 Å². The minimum absolute atomic E-state index is 0.00253. The third kappa shape index (κ3) is 3.34. The van der Waals surface area contributed by atoms with Crippen molar-refractivity contribution in [1.29, 1.82) is 0 Å². The van der Waals surface area contributed by atoms with Gasteiger partial charge in [0.1, 0.15) is 6.61 Å². The summed E-state index contributed by atoms with van der Waals surface area (Å²) in [5.41, 5.74) is 7.09. The summed E-state index contributed by atoms with van der Waals surface area (Å²) in [6.07, 6.45) is 0. The number of nitrogens with zero attached hydrogens (tertiary/aromatic N) is 1. The molecule has 1 heterocycles. The van der Waals surface area contributed by atoms with E-state index in [0.717, 1.165) is 11.3 Å². The maximum atomic E-state index is 11.3. The van der Waals surface area contributed by atoms with Gasteiger partial charge in [0.2, 0.25) is 0 Å². The summed E-state index contributed by atoms with van der Waals surface area (Å²) in [4.78, 5) is 11.3. The fraction of sp³-hybridized carbons (Fsp3) is 0.556. The normalized spacial score (nSPS) is 10.3. The lowest BCUT2D eigenvalue weighted by Gasteiger charge is -2.03. The van der Waals surface area contributed by atoms with Crippen LogP contribution in [0.15, 0.2) is 0 Å². The maximum absolute atomic E-state index is 11.3. The summed E-state index contributed by atoms with van der Waals surface area (Å²) in [5.74, 6) is 0.326. The highest BCUT2D eigenvalue weighted by molar-refractivity contribution is 5.91. The molecule has 84 valence electrons. The van der Waals surface area contributed by atoms with Crippen molar-refractivity contribution in [2.75, 3.05) is 25.1 Å². The quantitative estimate of drug-likeness (QED) is 0.596. The van der Waals surface area contributed by atoms with Gasteiger partial charge in [-0.05, 0) is 13.8 Å². The van der Waals surface area contributed by atoms with E-state index in [1.54, 1.807) is 0 Å². The molecular weight excluding hydrogens is 196 g/mol. The van der Waals surface area contributed by atoms with Gasteiger partial charge in [0.15, 0.2) is 5.82 Å². The summed E-state index contributed by atoms with van der Waals surface area (Å²) in [6, 6.07) is 0. The van der Waals surface area contributed by atoms with Crippen molar-refractivity contribution >= 4 is 11.7 Å². The zero-order valence-electron chi connectivity index (χ0n) is 8.96. The molecule has 0 fully saturated rings. The number of H-pyrrole nitrogens is 1. The van der Waals surface area contributed by atoms with Gasteiger partial charge in [0.25, 0.3) is 5.91 Å². The monoisotopic (exact) mass is 212 g/mol. The molecular formula is C9H16N4O2. The van der Waals surface area contributed by atoms with E-state index in [1.807, 2.05) is 13.8 Å². The van der Waals surface area contributed by atoms with Crippen LogP contribution in [0.5, 0.6) is 0 Å². The van der Waals surface area contributed by atoms with Gasteiger partial charge in [0, 0.05) is 17.8 Å². The minimum Gasteiger partial charge on any atom is -0.370 e. The van der Waals surface area contributed by atoms with Crippen LogP contribution >= 0.6 is 0 Å². The summed E-state index contributed by atoms with van der Waals surface area (Å²) < 4.78 is 4.99. The molecule has 1 aromatic rings. The van der Waals surface area contributed by atoms with Crippen molar-refractivity contribution < 1.29 is 9.53 Å². The third-order valence-corrected chi connectivity index (χ3v) is 2.01. The topological polar surface area (TPSA) is 93.0 Å². The summed E-state index contributed by atoms with van der Waals surface area (Å²) in [5, 5.41) is 9.37. The van der Waals surface area contributed by atoms with Crippen molar-refractivity contribution in [3.63, 3.8) is 0 Å². The zero-order valence-corrected chi connectivity index (χ0v) is 8.96. The molecule has 0 unspecified atom stereocenters. The number of ether oxygens (including phenoxy) is 1. The second-order valence-electron chi connectivity index (χ2n) is 3.21. The van der Waals surface area contributed by atoms with Crippen LogP contribution in [-0.4, -0.2) is 35.9 Å².